The Morgan fingerprint density at radius 1 is 1.58 bits per heavy atom. The van der Waals surface area contributed by atoms with Crippen LogP contribution in [0.1, 0.15) is 6.92 Å². The average molecular weight is 248 g/mol. The molecule has 12 heavy (non-hydrogen) atoms. The van der Waals surface area contributed by atoms with E-state index in [0.717, 1.165) is 6.92 Å². The summed E-state index contributed by atoms with van der Waals surface area (Å²) in [5, 5.41) is 2.32. The molecule has 0 radical (unpaired) electrons. The maximum absolute atomic E-state index is 12.1. The van der Waals surface area contributed by atoms with Crippen molar-refractivity contribution in [2.45, 2.75) is 18.6 Å². The predicted octanol–water partition coefficient (Wildman–Crippen LogP) is 0.803. The molecule has 0 fully saturated rings. The zero-order valence-corrected chi connectivity index (χ0v) is 7.99. The maximum Gasteiger partial charge on any atom is 0.415 e. The summed E-state index contributed by atoms with van der Waals surface area (Å²) >= 11 is 0. The van der Waals surface area contributed by atoms with E-state index in [1.165, 1.54) is 0 Å². The van der Waals surface area contributed by atoms with Gasteiger partial charge in [-0.05, 0) is 6.92 Å². The van der Waals surface area contributed by atoms with Crippen LogP contribution in [0.15, 0.2) is 4.99 Å². The molecule has 0 aromatic carbocycles. The first-order valence-electron chi connectivity index (χ1n) is 3.01. The zero-order valence-electron chi connectivity index (χ0n) is 6.27. The van der Waals surface area contributed by atoms with Gasteiger partial charge in [0.05, 0.1) is 6.54 Å². The van der Waals surface area contributed by atoms with Gasteiger partial charge in [0, 0.05) is 0 Å². The standard InChI is InChI=1S/C5H8F3N3.BrH/c1-4(5(6,7)8)2-10-3(9)11-4;/h2H2,1H3,(H3,9,10,11);1H. The van der Waals surface area contributed by atoms with Gasteiger partial charge in [0.15, 0.2) is 11.5 Å². The van der Waals surface area contributed by atoms with E-state index in [2.05, 4.69) is 10.3 Å². The minimum atomic E-state index is -4.33. The van der Waals surface area contributed by atoms with Crippen molar-refractivity contribution in [3.8, 4) is 0 Å². The van der Waals surface area contributed by atoms with Crippen molar-refractivity contribution >= 4 is 22.9 Å². The monoisotopic (exact) mass is 247 g/mol. The summed E-state index contributed by atoms with van der Waals surface area (Å²) in [6.07, 6.45) is -4.33. The number of nitrogens with two attached hydrogens (primary N) is 1. The Labute approximate surface area is 78.0 Å². The van der Waals surface area contributed by atoms with Crippen molar-refractivity contribution in [2.75, 3.05) is 6.54 Å². The molecule has 3 N–H and O–H groups in total. The number of nitrogens with one attached hydrogen (secondary N) is 1. The first-order chi connectivity index (χ1) is 4.85. The van der Waals surface area contributed by atoms with Gasteiger partial charge >= 0.3 is 6.18 Å². The van der Waals surface area contributed by atoms with Gasteiger partial charge in [-0.1, -0.05) is 0 Å². The van der Waals surface area contributed by atoms with E-state index in [-0.39, 0.29) is 29.5 Å². The third-order valence-electron chi connectivity index (χ3n) is 1.59. The SMILES string of the molecule is Br.CC1(C(F)(F)F)CNC(N)=N1. The highest BCUT2D eigenvalue weighted by atomic mass is 79.9. The summed E-state index contributed by atoms with van der Waals surface area (Å²) < 4.78 is 36.3. The Kier molecular flexibility index (Phi) is 3.00. The van der Waals surface area contributed by atoms with E-state index in [1.807, 2.05) is 0 Å². The third kappa shape index (κ3) is 1.82. The van der Waals surface area contributed by atoms with Crippen molar-refractivity contribution in [3.05, 3.63) is 0 Å². The van der Waals surface area contributed by atoms with Gasteiger partial charge in [-0.3, -0.25) is 0 Å². The smallest absolute Gasteiger partial charge is 0.370 e. The summed E-state index contributed by atoms with van der Waals surface area (Å²) in [5.74, 6) is -0.148. The van der Waals surface area contributed by atoms with Crippen LogP contribution in [0.4, 0.5) is 13.2 Å². The highest BCUT2D eigenvalue weighted by molar-refractivity contribution is 8.93. The lowest BCUT2D eigenvalue weighted by Gasteiger charge is -2.22. The molecule has 1 atom stereocenters. The largest absolute Gasteiger partial charge is 0.415 e. The van der Waals surface area contributed by atoms with Gasteiger partial charge in [-0.15, -0.1) is 17.0 Å². The molecule has 72 valence electrons. The molecule has 0 spiro atoms. The first-order valence-corrected chi connectivity index (χ1v) is 3.01. The fraction of sp³-hybridized carbons (Fsp3) is 0.800. The maximum atomic E-state index is 12.1. The van der Waals surface area contributed by atoms with E-state index >= 15 is 0 Å². The Bertz CT molecular complexity index is 203. The topological polar surface area (TPSA) is 50.4 Å². The fourth-order valence-electron chi connectivity index (χ4n) is 0.771. The number of rotatable bonds is 0. The van der Waals surface area contributed by atoms with Gasteiger partial charge in [0.1, 0.15) is 0 Å². The van der Waals surface area contributed by atoms with Gasteiger partial charge in [0.25, 0.3) is 0 Å². The molecule has 3 nitrogen and oxygen atoms in total. The van der Waals surface area contributed by atoms with Crippen LogP contribution in [0.25, 0.3) is 0 Å². The number of halogens is 4. The van der Waals surface area contributed by atoms with Crippen LogP contribution in [-0.2, 0) is 0 Å². The summed E-state index contributed by atoms with van der Waals surface area (Å²) in [6, 6.07) is 0. The molecule has 0 amide bonds. The second kappa shape index (κ2) is 3.12. The molecule has 0 aliphatic carbocycles. The average Bonchev–Trinajstić information content (AvgIpc) is 2.10. The van der Waals surface area contributed by atoms with Gasteiger partial charge in [-0.25, -0.2) is 4.99 Å². The Balaban J connectivity index is 0.00000121. The molecule has 0 aromatic rings. The van der Waals surface area contributed by atoms with Crippen LogP contribution in [-0.4, -0.2) is 24.2 Å². The summed E-state index contributed by atoms with van der Waals surface area (Å²) in [4.78, 5) is 3.25. The normalized spacial score (nSPS) is 28.8. The summed E-state index contributed by atoms with van der Waals surface area (Å²) in [5.41, 5.74) is 3.00. The first kappa shape index (κ1) is 11.5. The van der Waals surface area contributed by atoms with Crippen LogP contribution in [0.5, 0.6) is 0 Å². The molecular formula is C5H9BrF3N3. The van der Waals surface area contributed by atoms with E-state index in [4.69, 9.17) is 5.73 Å². The van der Waals surface area contributed by atoms with Gasteiger partial charge in [0.2, 0.25) is 0 Å². The fourth-order valence-corrected chi connectivity index (χ4v) is 0.771. The van der Waals surface area contributed by atoms with E-state index < -0.39 is 11.7 Å². The third-order valence-corrected chi connectivity index (χ3v) is 1.59. The Morgan fingerprint density at radius 2 is 2.08 bits per heavy atom. The Hall–Kier alpha value is -0.460. The van der Waals surface area contributed by atoms with E-state index in [9.17, 15) is 13.2 Å². The van der Waals surface area contributed by atoms with Crippen LogP contribution in [0, 0.1) is 0 Å². The number of hydrogen-bond acceptors (Lipinski definition) is 3. The Morgan fingerprint density at radius 3 is 2.25 bits per heavy atom. The highest BCUT2D eigenvalue weighted by Gasteiger charge is 2.53. The molecular weight excluding hydrogens is 239 g/mol. The second-order valence-electron chi connectivity index (χ2n) is 2.62. The lowest BCUT2D eigenvalue weighted by atomic mass is 10.0. The minimum absolute atomic E-state index is 0. The van der Waals surface area contributed by atoms with Crippen LogP contribution in [0.3, 0.4) is 0 Å². The molecule has 1 heterocycles. The quantitative estimate of drug-likeness (QED) is 0.666. The molecule has 1 aliphatic heterocycles. The second-order valence-corrected chi connectivity index (χ2v) is 2.62. The lowest BCUT2D eigenvalue weighted by Crippen LogP contribution is -2.44. The zero-order chi connectivity index (χ0) is 8.70. The molecule has 0 saturated heterocycles. The van der Waals surface area contributed by atoms with Gasteiger partial charge < -0.3 is 11.1 Å². The molecule has 7 heteroatoms. The van der Waals surface area contributed by atoms with Gasteiger partial charge in [-0.2, -0.15) is 13.2 Å². The van der Waals surface area contributed by atoms with E-state index in [1.54, 1.807) is 0 Å². The molecule has 0 saturated carbocycles. The van der Waals surface area contributed by atoms with Crippen LogP contribution in [0.2, 0.25) is 0 Å². The molecule has 1 aliphatic rings. The van der Waals surface area contributed by atoms with Crippen molar-refractivity contribution in [2.24, 2.45) is 10.7 Å². The molecule has 0 aromatic heterocycles. The lowest BCUT2D eigenvalue weighted by molar-refractivity contribution is -0.175. The molecule has 1 unspecified atom stereocenters. The van der Waals surface area contributed by atoms with Crippen molar-refractivity contribution in [1.29, 1.82) is 0 Å². The van der Waals surface area contributed by atoms with Crippen molar-refractivity contribution in [1.82, 2.24) is 5.32 Å². The number of alkyl halides is 3. The minimum Gasteiger partial charge on any atom is -0.370 e. The molecule has 0 bridgehead atoms. The van der Waals surface area contributed by atoms with Crippen molar-refractivity contribution < 1.29 is 13.2 Å². The number of hydrogen-bond donors (Lipinski definition) is 2. The molecule has 1 rings (SSSR count). The highest BCUT2D eigenvalue weighted by Crippen LogP contribution is 2.34. The van der Waals surface area contributed by atoms with E-state index in [0.29, 0.717) is 0 Å². The number of aliphatic imine (C=N–C) groups is 1. The predicted molar refractivity (Wildman–Crippen MR) is 44.4 cm³/mol. The summed E-state index contributed by atoms with van der Waals surface area (Å²) in [6.45, 7) is 0.724. The van der Waals surface area contributed by atoms with Crippen molar-refractivity contribution in [3.63, 3.8) is 0 Å². The van der Waals surface area contributed by atoms with Crippen LogP contribution >= 0.6 is 17.0 Å². The number of guanidine groups is 1. The summed E-state index contributed by atoms with van der Waals surface area (Å²) in [7, 11) is 0. The van der Waals surface area contributed by atoms with Crippen LogP contribution < -0.4 is 11.1 Å². The number of nitrogens with zero attached hydrogens (tertiary/aromatic N) is 1.